The van der Waals surface area contributed by atoms with Gasteiger partial charge in [-0.05, 0) is 11.6 Å². The first-order chi connectivity index (χ1) is 8.91. The molecule has 0 aliphatic heterocycles. The molecule has 5 heteroatoms. The number of benzene rings is 1. The van der Waals surface area contributed by atoms with Crippen molar-refractivity contribution in [1.29, 1.82) is 0 Å². The fourth-order valence-electron chi connectivity index (χ4n) is 1.70. The van der Waals surface area contributed by atoms with Gasteiger partial charge in [-0.2, -0.15) is 0 Å². The van der Waals surface area contributed by atoms with E-state index in [9.17, 15) is 14.4 Å². The number of carbonyl (C=O) groups excluding carboxylic acids is 2. The second kappa shape index (κ2) is 6.68. The summed E-state index contributed by atoms with van der Waals surface area (Å²) in [6.45, 7) is 1.45. The van der Waals surface area contributed by atoms with Crippen molar-refractivity contribution in [2.24, 2.45) is 0 Å². The lowest BCUT2D eigenvalue weighted by atomic mass is 10.0. The number of carboxylic acids is 1. The Morgan fingerprint density at radius 1 is 1.16 bits per heavy atom. The summed E-state index contributed by atoms with van der Waals surface area (Å²) in [5.74, 6) is -1.25. The minimum absolute atomic E-state index is 0.00739. The van der Waals surface area contributed by atoms with Crippen molar-refractivity contribution in [2.45, 2.75) is 26.2 Å². The molecule has 1 aromatic carbocycles. The first-order valence-electron chi connectivity index (χ1n) is 5.97. The number of hydrogen-bond donors (Lipinski definition) is 1. The smallest absolute Gasteiger partial charge is 0.303 e. The Bertz CT molecular complexity index is 496. The summed E-state index contributed by atoms with van der Waals surface area (Å²) in [6, 6.07) is 7.12. The van der Waals surface area contributed by atoms with Gasteiger partial charge in [0.2, 0.25) is 5.91 Å². The largest absolute Gasteiger partial charge is 0.481 e. The molecule has 0 aromatic heterocycles. The molecule has 1 aromatic rings. The molecule has 0 radical (unpaired) electrons. The van der Waals surface area contributed by atoms with Gasteiger partial charge in [-0.1, -0.05) is 18.2 Å². The highest BCUT2D eigenvalue weighted by Crippen LogP contribution is 2.20. The van der Waals surface area contributed by atoms with Crippen LogP contribution in [0, 0.1) is 0 Å². The average molecular weight is 263 g/mol. The summed E-state index contributed by atoms with van der Waals surface area (Å²) in [7, 11) is 1.64. The molecule has 0 aliphatic carbocycles. The Balaban J connectivity index is 2.81. The van der Waals surface area contributed by atoms with Gasteiger partial charge in [0.05, 0.1) is 6.42 Å². The van der Waals surface area contributed by atoms with Crippen molar-refractivity contribution in [3.63, 3.8) is 0 Å². The fraction of sp³-hybridized carbons (Fsp3) is 0.357. The number of nitrogens with zero attached hydrogens (tertiary/aromatic N) is 1. The Labute approximate surface area is 111 Å². The molecule has 5 nitrogen and oxygen atoms in total. The van der Waals surface area contributed by atoms with Gasteiger partial charge in [-0.15, -0.1) is 0 Å². The highest BCUT2D eigenvalue weighted by Gasteiger charge is 2.13. The Kier molecular flexibility index (Phi) is 5.23. The molecular weight excluding hydrogens is 246 g/mol. The Hall–Kier alpha value is -2.17. The van der Waals surface area contributed by atoms with Crippen molar-refractivity contribution in [3.05, 3.63) is 29.8 Å². The normalized spacial score (nSPS) is 10.0. The van der Waals surface area contributed by atoms with Gasteiger partial charge in [0.1, 0.15) is 5.78 Å². The van der Waals surface area contributed by atoms with Crippen LogP contribution in [0.3, 0.4) is 0 Å². The molecule has 0 heterocycles. The quantitative estimate of drug-likeness (QED) is 0.846. The van der Waals surface area contributed by atoms with E-state index in [2.05, 4.69) is 0 Å². The SMILES string of the molecule is CC(=O)N(C)c1ccccc1CC(=O)CCC(=O)O. The maximum absolute atomic E-state index is 11.7. The topological polar surface area (TPSA) is 74.7 Å². The van der Waals surface area contributed by atoms with Crippen LogP contribution in [0.1, 0.15) is 25.3 Å². The highest BCUT2D eigenvalue weighted by molar-refractivity contribution is 5.93. The summed E-state index contributed by atoms with van der Waals surface area (Å²) in [4.78, 5) is 34.9. The van der Waals surface area contributed by atoms with Crippen molar-refractivity contribution in [1.82, 2.24) is 0 Å². The summed E-state index contributed by atoms with van der Waals surface area (Å²) in [6.07, 6.45) is -0.0158. The van der Waals surface area contributed by atoms with E-state index in [1.165, 1.54) is 11.8 Å². The molecule has 0 aliphatic rings. The minimum Gasteiger partial charge on any atom is -0.481 e. The molecule has 0 atom stereocenters. The number of rotatable bonds is 6. The number of aliphatic carboxylic acids is 1. The molecule has 102 valence electrons. The lowest BCUT2D eigenvalue weighted by molar-refractivity contribution is -0.138. The first kappa shape index (κ1) is 14.9. The maximum Gasteiger partial charge on any atom is 0.303 e. The molecule has 0 fully saturated rings. The Morgan fingerprint density at radius 2 is 1.79 bits per heavy atom. The van der Waals surface area contributed by atoms with Crippen LogP contribution in [0.25, 0.3) is 0 Å². The van der Waals surface area contributed by atoms with Gasteiger partial charge >= 0.3 is 5.97 Å². The van der Waals surface area contributed by atoms with Crippen LogP contribution >= 0.6 is 0 Å². The monoisotopic (exact) mass is 263 g/mol. The Morgan fingerprint density at radius 3 is 2.37 bits per heavy atom. The second-order valence-corrected chi connectivity index (χ2v) is 4.32. The zero-order chi connectivity index (χ0) is 14.4. The lowest BCUT2D eigenvalue weighted by Gasteiger charge is -2.18. The molecule has 0 unspecified atom stereocenters. The number of carbonyl (C=O) groups is 3. The predicted molar refractivity (Wildman–Crippen MR) is 71.1 cm³/mol. The highest BCUT2D eigenvalue weighted by atomic mass is 16.4. The van der Waals surface area contributed by atoms with Crippen LogP contribution in [0.5, 0.6) is 0 Å². The summed E-state index contributed by atoms with van der Waals surface area (Å²) >= 11 is 0. The number of anilines is 1. The van der Waals surface area contributed by atoms with Crippen molar-refractivity contribution in [2.75, 3.05) is 11.9 Å². The first-order valence-corrected chi connectivity index (χ1v) is 5.97. The van der Waals surface area contributed by atoms with Crippen molar-refractivity contribution >= 4 is 23.3 Å². The number of amides is 1. The third-order valence-electron chi connectivity index (χ3n) is 2.83. The van der Waals surface area contributed by atoms with Crippen LogP contribution in [0.4, 0.5) is 5.69 Å². The molecular formula is C14H17NO4. The zero-order valence-electron chi connectivity index (χ0n) is 11.0. The number of Topliss-reactive ketones (excluding diaryl/α,β-unsaturated/α-hetero) is 1. The van der Waals surface area contributed by atoms with E-state index in [0.29, 0.717) is 5.69 Å². The second-order valence-electron chi connectivity index (χ2n) is 4.32. The van der Waals surface area contributed by atoms with Crippen LogP contribution < -0.4 is 4.90 Å². The third kappa shape index (κ3) is 4.54. The van der Waals surface area contributed by atoms with Gasteiger partial charge in [-0.25, -0.2) is 0 Å². The number of carboxylic acid groups (broad SMARTS) is 1. The molecule has 1 N–H and O–H groups in total. The fourth-order valence-corrected chi connectivity index (χ4v) is 1.70. The van der Waals surface area contributed by atoms with E-state index < -0.39 is 5.97 Å². The van der Waals surface area contributed by atoms with E-state index in [0.717, 1.165) is 5.56 Å². The summed E-state index contributed by atoms with van der Waals surface area (Å²) in [5, 5.41) is 8.54. The number of hydrogen-bond acceptors (Lipinski definition) is 3. The van der Waals surface area contributed by atoms with Crippen LogP contribution in [0.15, 0.2) is 24.3 Å². The van der Waals surface area contributed by atoms with E-state index in [-0.39, 0.29) is 31.0 Å². The maximum atomic E-state index is 11.7. The summed E-state index contributed by atoms with van der Waals surface area (Å²) in [5.41, 5.74) is 1.41. The predicted octanol–water partition coefficient (Wildman–Crippen LogP) is 1.65. The number of para-hydroxylation sites is 1. The van der Waals surface area contributed by atoms with Gasteiger partial charge in [0.15, 0.2) is 0 Å². The van der Waals surface area contributed by atoms with Crippen LogP contribution in [-0.2, 0) is 20.8 Å². The molecule has 19 heavy (non-hydrogen) atoms. The average Bonchev–Trinajstić information content (AvgIpc) is 2.36. The lowest BCUT2D eigenvalue weighted by Crippen LogP contribution is -2.24. The molecule has 0 spiro atoms. The molecule has 1 amide bonds. The molecule has 1 rings (SSSR count). The van der Waals surface area contributed by atoms with Gasteiger partial charge in [0.25, 0.3) is 0 Å². The van der Waals surface area contributed by atoms with Crippen molar-refractivity contribution in [3.8, 4) is 0 Å². The third-order valence-corrected chi connectivity index (χ3v) is 2.83. The minimum atomic E-state index is -0.984. The van der Waals surface area contributed by atoms with Crippen LogP contribution in [0.2, 0.25) is 0 Å². The van der Waals surface area contributed by atoms with E-state index >= 15 is 0 Å². The van der Waals surface area contributed by atoms with E-state index in [1.54, 1.807) is 31.3 Å². The van der Waals surface area contributed by atoms with Crippen molar-refractivity contribution < 1.29 is 19.5 Å². The molecule has 0 saturated carbocycles. The van der Waals surface area contributed by atoms with Gasteiger partial charge in [-0.3, -0.25) is 14.4 Å². The standard InChI is InChI=1S/C14H17NO4/c1-10(16)15(2)13-6-4-3-5-11(13)9-12(17)7-8-14(18)19/h3-6H,7-9H2,1-2H3,(H,18,19). The van der Waals surface area contributed by atoms with Crippen LogP contribution in [-0.4, -0.2) is 29.8 Å². The molecule has 0 bridgehead atoms. The number of ketones is 1. The molecule has 0 saturated heterocycles. The zero-order valence-corrected chi connectivity index (χ0v) is 11.0. The summed E-state index contributed by atoms with van der Waals surface area (Å²) < 4.78 is 0. The van der Waals surface area contributed by atoms with Gasteiger partial charge < -0.3 is 10.0 Å². The van der Waals surface area contributed by atoms with E-state index in [4.69, 9.17) is 5.11 Å². The van der Waals surface area contributed by atoms with Gasteiger partial charge in [0, 0.05) is 32.5 Å². The van der Waals surface area contributed by atoms with E-state index in [1.807, 2.05) is 0 Å².